The molecule has 0 saturated heterocycles. The number of rotatable bonds is 1. The van der Waals surface area contributed by atoms with Crippen molar-refractivity contribution in [3.8, 4) is 0 Å². The van der Waals surface area contributed by atoms with E-state index in [2.05, 4.69) is 4.99 Å². The Kier molecular flexibility index (Phi) is 2.48. The molecule has 0 spiro atoms. The quantitative estimate of drug-likeness (QED) is 0.797. The van der Waals surface area contributed by atoms with Crippen molar-refractivity contribution in [2.75, 3.05) is 0 Å². The summed E-state index contributed by atoms with van der Waals surface area (Å²) in [6.07, 6.45) is 0. The molecule has 1 aliphatic rings. The fraction of sp³-hybridized carbons (Fsp3) is 0.111. The van der Waals surface area contributed by atoms with Crippen molar-refractivity contribution < 1.29 is 4.79 Å². The van der Waals surface area contributed by atoms with Crippen molar-refractivity contribution in [2.45, 2.75) is 5.25 Å². The van der Waals surface area contributed by atoms with Gasteiger partial charge in [0.15, 0.2) is 5.17 Å². The van der Waals surface area contributed by atoms with Crippen LogP contribution in [0.4, 0.5) is 0 Å². The predicted octanol–water partition coefficient (Wildman–Crippen LogP) is 1.97. The molecular formula is C9H7ClN2OS. The van der Waals surface area contributed by atoms with Crippen molar-refractivity contribution in [1.82, 2.24) is 0 Å². The van der Waals surface area contributed by atoms with E-state index in [1.165, 1.54) is 11.8 Å². The van der Waals surface area contributed by atoms with Gasteiger partial charge in [0.1, 0.15) is 5.25 Å². The first-order valence-electron chi connectivity index (χ1n) is 3.97. The van der Waals surface area contributed by atoms with Crippen LogP contribution < -0.4 is 5.73 Å². The Morgan fingerprint density at radius 2 is 2.00 bits per heavy atom. The van der Waals surface area contributed by atoms with Crippen LogP contribution in [-0.4, -0.2) is 11.1 Å². The van der Waals surface area contributed by atoms with Gasteiger partial charge in [-0.25, -0.2) is 0 Å². The van der Waals surface area contributed by atoms with Gasteiger partial charge in [-0.3, -0.25) is 4.79 Å². The van der Waals surface area contributed by atoms with E-state index < -0.39 is 0 Å². The van der Waals surface area contributed by atoms with E-state index in [1.807, 2.05) is 12.1 Å². The van der Waals surface area contributed by atoms with Crippen LogP contribution in [0.2, 0.25) is 5.02 Å². The third-order valence-electron chi connectivity index (χ3n) is 1.86. The highest BCUT2D eigenvalue weighted by molar-refractivity contribution is 8.15. The molecule has 1 heterocycles. The number of nitrogens with two attached hydrogens (primary N) is 1. The monoisotopic (exact) mass is 226 g/mol. The second-order valence-corrected chi connectivity index (χ2v) is 4.40. The van der Waals surface area contributed by atoms with Gasteiger partial charge in [0.05, 0.1) is 0 Å². The first-order chi connectivity index (χ1) is 6.66. The number of aliphatic imine (C=N–C) groups is 1. The summed E-state index contributed by atoms with van der Waals surface area (Å²) in [6.45, 7) is 0. The Morgan fingerprint density at radius 1 is 1.36 bits per heavy atom. The lowest BCUT2D eigenvalue weighted by Gasteiger charge is -2.05. The molecule has 1 aliphatic heterocycles. The van der Waals surface area contributed by atoms with E-state index in [1.54, 1.807) is 12.1 Å². The van der Waals surface area contributed by atoms with E-state index in [4.69, 9.17) is 17.3 Å². The average Bonchev–Trinajstić information content (AvgIpc) is 2.47. The molecule has 0 aliphatic carbocycles. The minimum absolute atomic E-state index is 0.199. The van der Waals surface area contributed by atoms with E-state index in [9.17, 15) is 4.79 Å². The van der Waals surface area contributed by atoms with Crippen LogP contribution in [0.3, 0.4) is 0 Å². The van der Waals surface area contributed by atoms with Crippen LogP contribution in [0.1, 0.15) is 10.8 Å². The summed E-state index contributed by atoms with van der Waals surface area (Å²) in [6, 6.07) is 7.12. The summed E-state index contributed by atoms with van der Waals surface area (Å²) in [7, 11) is 0. The van der Waals surface area contributed by atoms with Crippen molar-refractivity contribution in [3.63, 3.8) is 0 Å². The highest BCUT2D eigenvalue weighted by atomic mass is 35.5. The summed E-state index contributed by atoms with van der Waals surface area (Å²) in [4.78, 5) is 15.0. The van der Waals surface area contributed by atoms with Crippen LogP contribution in [0.5, 0.6) is 0 Å². The zero-order chi connectivity index (χ0) is 10.1. The molecule has 3 nitrogen and oxygen atoms in total. The molecule has 0 fully saturated rings. The molecule has 2 rings (SSSR count). The first-order valence-corrected chi connectivity index (χ1v) is 5.23. The van der Waals surface area contributed by atoms with Crippen molar-refractivity contribution in [2.24, 2.45) is 10.7 Å². The van der Waals surface area contributed by atoms with E-state index >= 15 is 0 Å². The topological polar surface area (TPSA) is 55.4 Å². The largest absolute Gasteiger partial charge is 0.378 e. The molecule has 1 atom stereocenters. The molecule has 1 aromatic rings. The number of hydrogen-bond acceptors (Lipinski definition) is 3. The smallest absolute Gasteiger partial charge is 0.266 e. The Bertz CT molecular complexity index is 402. The van der Waals surface area contributed by atoms with Crippen LogP contribution in [0.25, 0.3) is 0 Å². The van der Waals surface area contributed by atoms with Crippen molar-refractivity contribution in [3.05, 3.63) is 34.9 Å². The third-order valence-corrected chi connectivity index (χ3v) is 3.15. The fourth-order valence-corrected chi connectivity index (χ4v) is 2.17. The number of amides is 1. The number of carbonyl (C=O) groups excluding carboxylic acids is 1. The summed E-state index contributed by atoms with van der Waals surface area (Å²) >= 11 is 7.01. The van der Waals surface area contributed by atoms with Crippen LogP contribution >= 0.6 is 23.4 Å². The van der Waals surface area contributed by atoms with Crippen molar-refractivity contribution >= 4 is 34.4 Å². The zero-order valence-electron chi connectivity index (χ0n) is 7.11. The van der Waals surface area contributed by atoms with Crippen LogP contribution in [0, 0.1) is 0 Å². The molecule has 2 N–H and O–H groups in total. The summed E-state index contributed by atoms with van der Waals surface area (Å²) in [5, 5.41) is 0.681. The first kappa shape index (κ1) is 9.55. The highest BCUT2D eigenvalue weighted by Gasteiger charge is 2.28. The predicted molar refractivity (Wildman–Crippen MR) is 58.4 cm³/mol. The second-order valence-electron chi connectivity index (χ2n) is 2.84. The lowest BCUT2D eigenvalue weighted by Crippen LogP contribution is -2.02. The van der Waals surface area contributed by atoms with E-state index in [-0.39, 0.29) is 11.2 Å². The maximum atomic E-state index is 11.3. The molecule has 5 heteroatoms. The van der Waals surface area contributed by atoms with Gasteiger partial charge in [-0.05, 0) is 17.7 Å². The molecule has 0 radical (unpaired) electrons. The van der Waals surface area contributed by atoms with E-state index in [0.717, 1.165) is 5.56 Å². The minimum atomic E-state index is -0.299. The van der Waals surface area contributed by atoms with E-state index in [0.29, 0.717) is 10.2 Å². The Labute approximate surface area is 90.3 Å². The van der Waals surface area contributed by atoms with Crippen LogP contribution in [0.15, 0.2) is 29.3 Å². The zero-order valence-corrected chi connectivity index (χ0v) is 8.68. The fourth-order valence-electron chi connectivity index (χ4n) is 1.21. The SMILES string of the molecule is NC1=NC(=O)[C@H](c2ccc(Cl)cc2)S1. The average molecular weight is 227 g/mol. The number of benzene rings is 1. The maximum absolute atomic E-state index is 11.3. The maximum Gasteiger partial charge on any atom is 0.266 e. The summed E-state index contributed by atoms with van der Waals surface area (Å²) in [5.41, 5.74) is 6.33. The number of nitrogens with zero attached hydrogens (tertiary/aromatic N) is 1. The Hall–Kier alpha value is -1.000. The molecule has 0 saturated carbocycles. The summed E-state index contributed by atoms with van der Waals surface area (Å²) < 4.78 is 0. The molecular weight excluding hydrogens is 220 g/mol. The van der Waals surface area contributed by atoms with Gasteiger partial charge in [-0.1, -0.05) is 35.5 Å². The molecule has 1 amide bonds. The lowest BCUT2D eigenvalue weighted by atomic mass is 10.1. The highest BCUT2D eigenvalue weighted by Crippen LogP contribution is 2.35. The number of hydrogen-bond donors (Lipinski definition) is 1. The number of carbonyl (C=O) groups is 1. The van der Waals surface area contributed by atoms with Gasteiger partial charge in [-0.15, -0.1) is 0 Å². The van der Waals surface area contributed by atoms with Crippen LogP contribution in [-0.2, 0) is 4.79 Å². The standard InChI is InChI=1S/C9H7ClN2OS/c10-6-3-1-5(2-4-6)7-8(13)12-9(11)14-7/h1-4,7H,(H2,11,12,13)/t7-/m0/s1. The molecule has 0 bridgehead atoms. The molecule has 0 unspecified atom stereocenters. The van der Waals surface area contributed by atoms with Gasteiger partial charge in [0, 0.05) is 5.02 Å². The number of amidine groups is 1. The van der Waals surface area contributed by atoms with Crippen molar-refractivity contribution in [1.29, 1.82) is 0 Å². The molecule has 1 aromatic carbocycles. The molecule has 0 aromatic heterocycles. The van der Waals surface area contributed by atoms with Gasteiger partial charge in [0.2, 0.25) is 0 Å². The molecule has 72 valence electrons. The lowest BCUT2D eigenvalue weighted by molar-refractivity contribution is -0.117. The summed E-state index contributed by atoms with van der Waals surface area (Å²) in [5.74, 6) is -0.199. The van der Waals surface area contributed by atoms with Gasteiger partial charge >= 0.3 is 0 Å². The number of thioether (sulfide) groups is 1. The second kappa shape index (κ2) is 3.63. The Balaban J connectivity index is 2.26. The number of halogens is 1. The minimum Gasteiger partial charge on any atom is -0.378 e. The van der Waals surface area contributed by atoms with Gasteiger partial charge < -0.3 is 5.73 Å². The molecule has 14 heavy (non-hydrogen) atoms. The van der Waals surface area contributed by atoms with Gasteiger partial charge in [0.25, 0.3) is 5.91 Å². The normalized spacial score (nSPS) is 21.1. The van der Waals surface area contributed by atoms with Gasteiger partial charge in [-0.2, -0.15) is 4.99 Å². The third kappa shape index (κ3) is 1.76. The Morgan fingerprint density at radius 3 is 2.50 bits per heavy atom.